The average Bonchev–Trinajstić information content (AvgIpc) is 3.32. The topological polar surface area (TPSA) is 94.2 Å². The summed E-state index contributed by atoms with van der Waals surface area (Å²) in [4.78, 5) is 38.7. The molecule has 0 aromatic heterocycles. The predicted molar refractivity (Wildman–Crippen MR) is 112 cm³/mol. The van der Waals surface area contributed by atoms with Crippen LogP contribution >= 0.6 is 0 Å². The van der Waals surface area contributed by atoms with E-state index in [4.69, 9.17) is 14.2 Å². The molecule has 2 amide bonds. The van der Waals surface area contributed by atoms with Crippen molar-refractivity contribution in [1.82, 2.24) is 5.32 Å². The van der Waals surface area contributed by atoms with E-state index in [0.717, 1.165) is 12.8 Å². The highest BCUT2D eigenvalue weighted by molar-refractivity contribution is 6.04. The predicted octanol–water partition coefficient (Wildman–Crippen LogP) is 2.11. The zero-order valence-electron chi connectivity index (χ0n) is 17.3. The van der Waals surface area contributed by atoms with Gasteiger partial charge in [0.2, 0.25) is 5.91 Å². The lowest BCUT2D eigenvalue weighted by atomic mass is 10.1. The van der Waals surface area contributed by atoms with Gasteiger partial charge in [-0.1, -0.05) is 12.1 Å². The van der Waals surface area contributed by atoms with Crippen molar-refractivity contribution in [2.24, 2.45) is 0 Å². The second-order valence-electron chi connectivity index (χ2n) is 7.53. The smallest absolute Gasteiger partial charge is 0.265 e. The van der Waals surface area contributed by atoms with Gasteiger partial charge in [0, 0.05) is 18.7 Å². The first-order valence-electron chi connectivity index (χ1n) is 10.4. The number of hydrogen-bond donors (Lipinski definition) is 1. The molecule has 0 bridgehead atoms. The van der Waals surface area contributed by atoms with Crippen LogP contribution in [-0.4, -0.2) is 56.6 Å². The first-order valence-corrected chi connectivity index (χ1v) is 10.4. The van der Waals surface area contributed by atoms with Crippen molar-refractivity contribution in [3.8, 4) is 11.5 Å². The molecule has 0 spiro atoms. The molecule has 2 aromatic carbocycles. The Kier molecular flexibility index (Phi) is 6.65. The van der Waals surface area contributed by atoms with E-state index in [9.17, 15) is 18.8 Å². The van der Waals surface area contributed by atoms with Crippen LogP contribution in [0.3, 0.4) is 0 Å². The van der Waals surface area contributed by atoms with Crippen molar-refractivity contribution < 1.29 is 33.0 Å². The van der Waals surface area contributed by atoms with Crippen LogP contribution in [0.15, 0.2) is 42.5 Å². The SMILES string of the molecule is O=C(CN1C(=O)COc2ccc(C(=O)COc3ccccc3F)cc21)NC[C@H]1CCCO1. The Labute approximate surface area is 184 Å². The number of amides is 2. The Bertz CT molecular complexity index is 1020. The van der Waals surface area contributed by atoms with Crippen molar-refractivity contribution in [3.05, 3.63) is 53.8 Å². The van der Waals surface area contributed by atoms with Crippen molar-refractivity contribution in [1.29, 1.82) is 0 Å². The Morgan fingerprint density at radius 2 is 2.06 bits per heavy atom. The maximum Gasteiger partial charge on any atom is 0.265 e. The van der Waals surface area contributed by atoms with Crippen molar-refractivity contribution >= 4 is 23.3 Å². The van der Waals surface area contributed by atoms with Gasteiger partial charge < -0.3 is 19.5 Å². The molecule has 0 radical (unpaired) electrons. The zero-order valence-corrected chi connectivity index (χ0v) is 17.3. The first-order chi connectivity index (χ1) is 15.5. The summed E-state index contributed by atoms with van der Waals surface area (Å²) in [7, 11) is 0. The van der Waals surface area contributed by atoms with Crippen LogP contribution in [0, 0.1) is 5.82 Å². The molecule has 2 aliphatic rings. The Balaban J connectivity index is 1.43. The third-order valence-corrected chi connectivity index (χ3v) is 5.27. The van der Waals surface area contributed by atoms with E-state index in [2.05, 4.69) is 5.32 Å². The summed E-state index contributed by atoms with van der Waals surface area (Å²) in [6.07, 6.45) is 1.85. The molecule has 1 N–H and O–H groups in total. The van der Waals surface area contributed by atoms with Gasteiger partial charge in [-0.3, -0.25) is 19.3 Å². The minimum Gasteiger partial charge on any atom is -0.482 e. The number of ketones is 1. The number of halogens is 1. The normalized spacial score (nSPS) is 17.5. The average molecular weight is 442 g/mol. The fourth-order valence-electron chi connectivity index (χ4n) is 3.57. The standard InChI is InChI=1S/C23H23FN2O6/c24-17-5-1-2-6-20(17)31-13-19(27)15-7-8-21-18(10-15)26(23(29)14-32-21)12-22(28)25-11-16-4-3-9-30-16/h1-2,5-8,10,16H,3-4,9,11-14H2,(H,25,28)/t16-/m1/s1. The molecule has 1 atom stereocenters. The number of para-hydroxylation sites is 1. The number of nitrogens with one attached hydrogen (secondary N) is 1. The lowest BCUT2D eigenvalue weighted by Gasteiger charge is -2.29. The molecule has 0 aliphatic carbocycles. The van der Waals surface area contributed by atoms with Gasteiger partial charge in [-0.2, -0.15) is 0 Å². The fourth-order valence-corrected chi connectivity index (χ4v) is 3.57. The number of benzene rings is 2. The second-order valence-corrected chi connectivity index (χ2v) is 7.53. The van der Waals surface area contributed by atoms with Crippen LogP contribution in [0.2, 0.25) is 0 Å². The molecule has 9 heteroatoms. The molecule has 32 heavy (non-hydrogen) atoms. The fraction of sp³-hybridized carbons (Fsp3) is 0.348. The van der Waals surface area contributed by atoms with Gasteiger partial charge >= 0.3 is 0 Å². The largest absolute Gasteiger partial charge is 0.482 e. The Morgan fingerprint density at radius 3 is 2.84 bits per heavy atom. The van der Waals surface area contributed by atoms with E-state index in [0.29, 0.717) is 24.6 Å². The monoisotopic (exact) mass is 442 g/mol. The second kappa shape index (κ2) is 9.78. The number of nitrogens with zero attached hydrogens (tertiary/aromatic N) is 1. The zero-order chi connectivity index (χ0) is 22.5. The third-order valence-electron chi connectivity index (χ3n) is 5.27. The number of rotatable bonds is 8. The number of carbonyl (C=O) groups excluding carboxylic acids is 3. The van der Waals surface area contributed by atoms with Crippen LogP contribution in [0.4, 0.5) is 10.1 Å². The molecule has 168 valence electrons. The molecule has 1 saturated heterocycles. The lowest BCUT2D eigenvalue weighted by molar-refractivity contribution is -0.125. The minimum atomic E-state index is -0.565. The minimum absolute atomic E-state index is 0.00898. The van der Waals surface area contributed by atoms with Crippen LogP contribution in [0.1, 0.15) is 23.2 Å². The van der Waals surface area contributed by atoms with Crippen LogP contribution in [-0.2, 0) is 14.3 Å². The van der Waals surface area contributed by atoms with Crippen LogP contribution in [0.25, 0.3) is 0 Å². The molecule has 0 saturated carbocycles. The molecule has 2 aliphatic heterocycles. The van der Waals surface area contributed by atoms with Gasteiger partial charge in [0.05, 0.1) is 11.8 Å². The summed E-state index contributed by atoms with van der Waals surface area (Å²) in [5.74, 6) is -1.33. The van der Waals surface area contributed by atoms with E-state index in [1.807, 2.05) is 0 Å². The summed E-state index contributed by atoms with van der Waals surface area (Å²) in [6, 6.07) is 10.4. The highest BCUT2D eigenvalue weighted by Crippen LogP contribution is 2.33. The lowest BCUT2D eigenvalue weighted by Crippen LogP contribution is -2.46. The first kappa shape index (κ1) is 21.8. The Hall–Kier alpha value is -3.46. The maximum absolute atomic E-state index is 13.7. The summed E-state index contributed by atoms with van der Waals surface area (Å²) >= 11 is 0. The molecular formula is C23H23FN2O6. The van der Waals surface area contributed by atoms with E-state index in [1.165, 1.54) is 35.2 Å². The molecular weight excluding hydrogens is 419 g/mol. The van der Waals surface area contributed by atoms with Gasteiger partial charge in [0.25, 0.3) is 5.91 Å². The van der Waals surface area contributed by atoms with Crippen LogP contribution in [0.5, 0.6) is 11.5 Å². The van der Waals surface area contributed by atoms with E-state index < -0.39 is 17.5 Å². The van der Waals surface area contributed by atoms with Gasteiger partial charge in [0.1, 0.15) is 12.3 Å². The third kappa shape index (κ3) is 5.05. The molecule has 1 fully saturated rings. The van der Waals surface area contributed by atoms with E-state index in [1.54, 1.807) is 12.1 Å². The van der Waals surface area contributed by atoms with Gasteiger partial charge in [0.15, 0.2) is 30.6 Å². The number of Topliss-reactive ketones (excluding diaryl/α,β-unsaturated/α-hetero) is 1. The van der Waals surface area contributed by atoms with Gasteiger partial charge in [-0.15, -0.1) is 0 Å². The van der Waals surface area contributed by atoms with Crippen molar-refractivity contribution in [3.63, 3.8) is 0 Å². The molecule has 8 nitrogen and oxygen atoms in total. The summed E-state index contributed by atoms with van der Waals surface area (Å²) in [5.41, 5.74) is 0.577. The summed E-state index contributed by atoms with van der Waals surface area (Å²) < 4.78 is 29.9. The molecule has 0 unspecified atom stereocenters. The number of carbonyl (C=O) groups is 3. The summed E-state index contributed by atoms with van der Waals surface area (Å²) in [5, 5.41) is 2.78. The van der Waals surface area contributed by atoms with Gasteiger partial charge in [-0.25, -0.2) is 4.39 Å². The highest BCUT2D eigenvalue weighted by Gasteiger charge is 2.29. The van der Waals surface area contributed by atoms with Crippen LogP contribution < -0.4 is 19.7 Å². The molecule has 2 heterocycles. The quantitative estimate of drug-likeness (QED) is 0.630. The van der Waals surface area contributed by atoms with E-state index >= 15 is 0 Å². The maximum atomic E-state index is 13.7. The number of fused-ring (bicyclic) bond motifs is 1. The van der Waals surface area contributed by atoms with Crippen molar-refractivity contribution in [2.45, 2.75) is 18.9 Å². The molecule has 2 aromatic rings. The number of hydrogen-bond acceptors (Lipinski definition) is 6. The van der Waals surface area contributed by atoms with Crippen molar-refractivity contribution in [2.75, 3.05) is 37.8 Å². The summed E-state index contributed by atoms with van der Waals surface area (Å²) in [6.45, 7) is 0.292. The highest BCUT2D eigenvalue weighted by atomic mass is 19.1. The number of anilines is 1. The van der Waals surface area contributed by atoms with E-state index in [-0.39, 0.29) is 43.1 Å². The molecule has 4 rings (SSSR count). The van der Waals surface area contributed by atoms with Gasteiger partial charge in [-0.05, 0) is 43.2 Å². The number of ether oxygens (including phenoxy) is 3. The Morgan fingerprint density at radius 1 is 1.22 bits per heavy atom.